The summed E-state index contributed by atoms with van der Waals surface area (Å²) in [6.07, 6.45) is 3.59. The Morgan fingerprint density at radius 2 is 1.59 bits per heavy atom. The number of nitrogens with zero attached hydrogens (tertiary/aromatic N) is 2. The van der Waals surface area contributed by atoms with Crippen LogP contribution in [0.2, 0.25) is 0 Å². The van der Waals surface area contributed by atoms with Crippen molar-refractivity contribution in [1.29, 1.82) is 0 Å². The molecule has 5 nitrogen and oxygen atoms in total. The number of halogens is 1. The normalized spacial score (nSPS) is 10.2. The van der Waals surface area contributed by atoms with Gasteiger partial charge in [-0.3, -0.25) is 0 Å². The third kappa shape index (κ3) is 3.53. The molecule has 3 aromatic rings. The van der Waals surface area contributed by atoms with Crippen molar-refractivity contribution < 1.29 is 4.79 Å². The lowest BCUT2D eigenvalue weighted by atomic mass is 10.3. The van der Waals surface area contributed by atoms with Gasteiger partial charge in [0.1, 0.15) is 0 Å². The third-order valence-electron chi connectivity index (χ3n) is 2.97. The van der Waals surface area contributed by atoms with E-state index < -0.39 is 0 Å². The second-order valence-corrected chi connectivity index (χ2v) is 5.51. The topological polar surface area (TPSA) is 59.0 Å². The number of amides is 2. The van der Waals surface area contributed by atoms with Crippen LogP contribution >= 0.6 is 15.9 Å². The molecule has 1 aromatic heterocycles. The van der Waals surface area contributed by atoms with Gasteiger partial charge < -0.3 is 10.6 Å². The van der Waals surface area contributed by atoms with Gasteiger partial charge in [-0.15, -0.1) is 0 Å². The van der Waals surface area contributed by atoms with Gasteiger partial charge in [0.15, 0.2) is 0 Å². The zero-order chi connectivity index (χ0) is 15.4. The smallest absolute Gasteiger partial charge is 0.308 e. The fourth-order valence-electron chi connectivity index (χ4n) is 1.95. The highest BCUT2D eigenvalue weighted by molar-refractivity contribution is 9.10. The fraction of sp³-hybridized carbons (Fsp3) is 0. The summed E-state index contributed by atoms with van der Waals surface area (Å²) >= 11 is 3.36. The molecule has 22 heavy (non-hydrogen) atoms. The molecule has 0 aliphatic carbocycles. The van der Waals surface area contributed by atoms with E-state index in [1.165, 1.54) is 0 Å². The number of hydrogen-bond acceptors (Lipinski definition) is 2. The molecule has 0 spiro atoms. The second kappa shape index (κ2) is 6.44. The third-order valence-corrected chi connectivity index (χ3v) is 3.38. The van der Waals surface area contributed by atoms with Crippen molar-refractivity contribution >= 4 is 33.3 Å². The monoisotopic (exact) mass is 356 g/mol. The van der Waals surface area contributed by atoms with Crippen LogP contribution in [0.25, 0.3) is 5.69 Å². The highest BCUT2D eigenvalue weighted by Crippen LogP contribution is 2.16. The van der Waals surface area contributed by atoms with E-state index >= 15 is 0 Å². The van der Waals surface area contributed by atoms with Gasteiger partial charge in [0.05, 0.1) is 16.4 Å². The minimum absolute atomic E-state index is 0.277. The predicted molar refractivity (Wildman–Crippen MR) is 90.3 cm³/mol. The number of nitrogens with one attached hydrogen (secondary N) is 2. The first-order valence-electron chi connectivity index (χ1n) is 6.64. The number of rotatable bonds is 3. The summed E-state index contributed by atoms with van der Waals surface area (Å²) in [4.78, 5) is 11.9. The first-order chi connectivity index (χ1) is 10.7. The van der Waals surface area contributed by atoms with E-state index in [0.717, 1.165) is 15.8 Å². The Morgan fingerprint density at radius 1 is 0.955 bits per heavy atom. The number of carbonyl (C=O) groups excluding carboxylic acids is 1. The SMILES string of the molecule is O=C(Nc1ccccc1)Nc1ccc(-n2cc(Br)cn2)cc1. The summed E-state index contributed by atoms with van der Waals surface area (Å²) in [6.45, 7) is 0. The van der Waals surface area contributed by atoms with Gasteiger partial charge in [-0.25, -0.2) is 9.48 Å². The van der Waals surface area contributed by atoms with E-state index in [0.29, 0.717) is 5.69 Å². The Hall–Kier alpha value is -2.60. The Bertz CT molecular complexity index is 768. The highest BCUT2D eigenvalue weighted by Gasteiger charge is 2.03. The summed E-state index contributed by atoms with van der Waals surface area (Å²) in [5.41, 5.74) is 2.38. The van der Waals surface area contributed by atoms with Gasteiger partial charge >= 0.3 is 6.03 Å². The standard InChI is InChI=1S/C16H13BrN4O/c17-12-10-18-21(11-12)15-8-6-14(7-9-15)20-16(22)19-13-4-2-1-3-5-13/h1-11H,(H2,19,20,22). The second-order valence-electron chi connectivity index (χ2n) is 4.60. The Balaban J connectivity index is 1.65. The van der Waals surface area contributed by atoms with E-state index in [4.69, 9.17) is 0 Å². The van der Waals surface area contributed by atoms with Crippen LogP contribution < -0.4 is 10.6 Å². The van der Waals surface area contributed by atoms with Crippen molar-refractivity contribution in [3.05, 3.63) is 71.5 Å². The molecule has 0 bridgehead atoms. The summed E-state index contributed by atoms with van der Waals surface area (Å²) in [6, 6.07) is 16.5. The van der Waals surface area contributed by atoms with Crippen molar-refractivity contribution in [3.63, 3.8) is 0 Å². The van der Waals surface area contributed by atoms with Gasteiger partial charge in [-0.1, -0.05) is 18.2 Å². The number of para-hydroxylation sites is 1. The molecule has 1 heterocycles. The van der Waals surface area contributed by atoms with Crippen molar-refractivity contribution in [2.75, 3.05) is 10.6 Å². The summed E-state index contributed by atoms with van der Waals surface area (Å²) in [5.74, 6) is 0. The fourth-order valence-corrected chi connectivity index (χ4v) is 2.24. The number of hydrogen-bond donors (Lipinski definition) is 2. The maximum absolute atomic E-state index is 11.9. The molecule has 2 aromatic carbocycles. The van der Waals surface area contributed by atoms with Crippen molar-refractivity contribution in [2.24, 2.45) is 0 Å². The van der Waals surface area contributed by atoms with Gasteiger partial charge in [0, 0.05) is 17.6 Å². The molecule has 0 aliphatic rings. The van der Waals surface area contributed by atoms with Gasteiger partial charge in [-0.05, 0) is 52.3 Å². The van der Waals surface area contributed by atoms with Crippen molar-refractivity contribution in [3.8, 4) is 5.69 Å². The van der Waals surface area contributed by atoms with Gasteiger partial charge in [0.25, 0.3) is 0 Å². The van der Waals surface area contributed by atoms with Crippen LogP contribution in [0.15, 0.2) is 71.5 Å². The maximum Gasteiger partial charge on any atom is 0.323 e. The number of urea groups is 1. The Labute approximate surface area is 136 Å². The van der Waals surface area contributed by atoms with Crippen LogP contribution in [-0.4, -0.2) is 15.8 Å². The molecule has 0 radical (unpaired) electrons. The van der Waals surface area contributed by atoms with E-state index in [9.17, 15) is 4.79 Å². The summed E-state index contributed by atoms with van der Waals surface area (Å²) in [7, 11) is 0. The summed E-state index contributed by atoms with van der Waals surface area (Å²) < 4.78 is 2.66. The molecular weight excluding hydrogens is 344 g/mol. The van der Waals surface area contributed by atoms with Crippen LogP contribution in [0.5, 0.6) is 0 Å². The molecule has 0 saturated carbocycles. The van der Waals surface area contributed by atoms with Crippen molar-refractivity contribution in [1.82, 2.24) is 9.78 Å². The number of aromatic nitrogens is 2. The molecule has 0 unspecified atom stereocenters. The molecule has 3 rings (SSSR count). The zero-order valence-electron chi connectivity index (χ0n) is 11.5. The largest absolute Gasteiger partial charge is 0.323 e. The lowest BCUT2D eigenvalue weighted by molar-refractivity contribution is 0.262. The van der Waals surface area contributed by atoms with Crippen molar-refractivity contribution in [2.45, 2.75) is 0 Å². The minimum Gasteiger partial charge on any atom is -0.308 e. The summed E-state index contributed by atoms with van der Waals surface area (Å²) in [5, 5.41) is 9.75. The van der Waals surface area contributed by atoms with Crippen LogP contribution in [0.1, 0.15) is 0 Å². The molecule has 0 atom stereocenters. The highest BCUT2D eigenvalue weighted by atomic mass is 79.9. The lowest BCUT2D eigenvalue weighted by Crippen LogP contribution is -2.19. The van der Waals surface area contributed by atoms with E-state index in [1.54, 1.807) is 10.9 Å². The molecule has 6 heteroatoms. The first-order valence-corrected chi connectivity index (χ1v) is 7.44. The predicted octanol–water partition coefficient (Wildman–Crippen LogP) is 4.28. The molecule has 110 valence electrons. The van der Waals surface area contributed by atoms with Crippen LogP contribution in [-0.2, 0) is 0 Å². The van der Waals surface area contributed by atoms with Crippen LogP contribution in [0.3, 0.4) is 0 Å². The van der Waals surface area contributed by atoms with Gasteiger partial charge in [-0.2, -0.15) is 5.10 Å². The van der Waals surface area contributed by atoms with Gasteiger partial charge in [0.2, 0.25) is 0 Å². The molecule has 2 N–H and O–H groups in total. The molecular formula is C16H13BrN4O. The average molecular weight is 357 g/mol. The number of benzene rings is 2. The zero-order valence-corrected chi connectivity index (χ0v) is 13.1. The Kier molecular flexibility index (Phi) is 4.20. The quantitative estimate of drug-likeness (QED) is 0.735. The Morgan fingerprint density at radius 3 is 2.18 bits per heavy atom. The maximum atomic E-state index is 11.9. The van der Waals surface area contributed by atoms with E-state index in [-0.39, 0.29) is 6.03 Å². The molecule has 0 aliphatic heterocycles. The molecule has 0 fully saturated rings. The molecule has 0 saturated heterocycles. The average Bonchev–Trinajstić information content (AvgIpc) is 2.95. The van der Waals surface area contributed by atoms with Crippen LogP contribution in [0.4, 0.5) is 16.2 Å². The van der Waals surface area contributed by atoms with E-state index in [1.807, 2.05) is 60.8 Å². The number of carbonyl (C=O) groups is 1. The van der Waals surface area contributed by atoms with E-state index in [2.05, 4.69) is 31.7 Å². The minimum atomic E-state index is -0.277. The number of anilines is 2. The van der Waals surface area contributed by atoms with Crippen LogP contribution in [0, 0.1) is 0 Å². The first kappa shape index (κ1) is 14.3. The lowest BCUT2D eigenvalue weighted by Gasteiger charge is -2.08. The molecule has 2 amide bonds.